The third-order valence-corrected chi connectivity index (χ3v) is 6.11. The number of likely N-dealkylation sites (N-methyl/N-ethyl adjacent to an activating group) is 1. The topological polar surface area (TPSA) is 43.9 Å². The van der Waals surface area contributed by atoms with E-state index in [1.54, 1.807) is 6.07 Å². The molecule has 0 atom stereocenters. The molecule has 1 aromatic rings. The Hall–Kier alpha value is -1.95. The molecule has 27 heavy (non-hydrogen) atoms. The molecule has 0 radical (unpaired) electrons. The van der Waals surface area contributed by atoms with E-state index in [0.717, 1.165) is 18.4 Å². The fourth-order valence-electron chi connectivity index (χ4n) is 4.04. The standard InChI is InChI=1S/C21H30FN3O2/c1-16(2)23(3)14-20(27)24-9-7-21(8-10-24)12-19(26)25(15-21)13-17-5-4-6-18(22)11-17/h4-6,11,16H,7-10,12-15H2,1-3H3. The number of carbonyl (C=O) groups is 2. The van der Waals surface area contributed by atoms with E-state index in [0.29, 0.717) is 45.2 Å². The summed E-state index contributed by atoms with van der Waals surface area (Å²) in [7, 11) is 1.97. The van der Waals surface area contributed by atoms with Crippen LogP contribution in [-0.4, -0.2) is 65.8 Å². The van der Waals surface area contributed by atoms with Gasteiger partial charge in [-0.2, -0.15) is 0 Å². The number of likely N-dealkylation sites (tertiary alicyclic amines) is 2. The van der Waals surface area contributed by atoms with Gasteiger partial charge in [0.15, 0.2) is 0 Å². The van der Waals surface area contributed by atoms with E-state index in [9.17, 15) is 14.0 Å². The largest absolute Gasteiger partial charge is 0.342 e. The smallest absolute Gasteiger partial charge is 0.236 e. The number of nitrogens with zero attached hydrogens (tertiary/aromatic N) is 3. The molecule has 2 fully saturated rings. The lowest BCUT2D eigenvalue weighted by Crippen LogP contribution is -2.47. The number of hydrogen-bond donors (Lipinski definition) is 0. The highest BCUT2D eigenvalue weighted by Crippen LogP contribution is 2.41. The lowest BCUT2D eigenvalue weighted by Gasteiger charge is -2.39. The van der Waals surface area contributed by atoms with E-state index in [1.807, 2.05) is 27.8 Å². The van der Waals surface area contributed by atoms with E-state index in [4.69, 9.17) is 0 Å². The summed E-state index contributed by atoms with van der Waals surface area (Å²) in [6.45, 7) is 7.19. The predicted molar refractivity (Wildman–Crippen MR) is 102 cm³/mol. The molecule has 2 aliphatic heterocycles. The van der Waals surface area contributed by atoms with Crippen LogP contribution in [0.5, 0.6) is 0 Å². The third-order valence-electron chi connectivity index (χ3n) is 6.11. The Kier molecular flexibility index (Phi) is 5.84. The van der Waals surface area contributed by atoms with E-state index >= 15 is 0 Å². The normalized spacial score (nSPS) is 19.6. The number of halogens is 1. The zero-order valence-electron chi connectivity index (χ0n) is 16.6. The maximum absolute atomic E-state index is 13.4. The zero-order chi connectivity index (χ0) is 19.6. The first-order chi connectivity index (χ1) is 12.8. The highest BCUT2D eigenvalue weighted by molar-refractivity contribution is 5.80. The molecule has 0 bridgehead atoms. The SMILES string of the molecule is CC(C)N(C)CC(=O)N1CCC2(CC1)CC(=O)N(Cc1cccc(F)c1)C2. The zero-order valence-corrected chi connectivity index (χ0v) is 16.6. The first-order valence-corrected chi connectivity index (χ1v) is 9.78. The van der Waals surface area contributed by atoms with Crippen LogP contribution >= 0.6 is 0 Å². The Morgan fingerprint density at radius 3 is 2.63 bits per heavy atom. The number of hydrogen-bond acceptors (Lipinski definition) is 3. The van der Waals surface area contributed by atoms with Crippen molar-refractivity contribution in [2.45, 2.75) is 45.7 Å². The van der Waals surface area contributed by atoms with Gasteiger partial charge in [-0.05, 0) is 51.4 Å². The molecule has 0 N–H and O–H groups in total. The molecule has 5 nitrogen and oxygen atoms in total. The van der Waals surface area contributed by atoms with Crippen LogP contribution in [0.2, 0.25) is 0 Å². The third kappa shape index (κ3) is 4.67. The van der Waals surface area contributed by atoms with Gasteiger partial charge in [0.25, 0.3) is 0 Å². The Bertz CT molecular complexity index is 698. The van der Waals surface area contributed by atoms with Crippen LogP contribution in [0, 0.1) is 11.2 Å². The van der Waals surface area contributed by atoms with Gasteiger partial charge in [0.2, 0.25) is 11.8 Å². The molecule has 0 unspecified atom stereocenters. The fourth-order valence-corrected chi connectivity index (χ4v) is 4.04. The molecular formula is C21H30FN3O2. The molecule has 0 aliphatic carbocycles. The molecule has 1 spiro atoms. The molecule has 0 aromatic heterocycles. The lowest BCUT2D eigenvalue weighted by atomic mass is 9.77. The van der Waals surface area contributed by atoms with Gasteiger partial charge in [-0.1, -0.05) is 12.1 Å². The Morgan fingerprint density at radius 1 is 1.30 bits per heavy atom. The van der Waals surface area contributed by atoms with Gasteiger partial charge in [0.1, 0.15) is 5.82 Å². The highest BCUT2D eigenvalue weighted by atomic mass is 19.1. The summed E-state index contributed by atoms with van der Waals surface area (Å²) in [6.07, 6.45) is 2.25. The number of carbonyl (C=O) groups excluding carboxylic acids is 2. The van der Waals surface area contributed by atoms with Crippen molar-refractivity contribution in [3.8, 4) is 0 Å². The van der Waals surface area contributed by atoms with Crippen LogP contribution in [0.25, 0.3) is 0 Å². The van der Waals surface area contributed by atoms with Gasteiger partial charge in [-0.25, -0.2) is 4.39 Å². The Labute approximate surface area is 161 Å². The molecule has 3 rings (SSSR count). The number of piperidine rings is 1. The van der Waals surface area contributed by atoms with E-state index in [-0.39, 0.29) is 23.0 Å². The van der Waals surface area contributed by atoms with Crippen molar-refractivity contribution < 1.29 is 14.0 Å². The molecule has 0 saturated carbocycles. The molecule has 6 heteroatoms. The van der Waals surface area contributed by atoms with Crippen LogP contribution in [0.1, 0.15) is 38.7 Å². The maximum Gasteiger partial charge on any atom is 0.236 e. The second-order valence-corrected chi connectivity index (χ2v) is 8.45. The predicted octanol–water partition coefficient (Wildman–Crippen LogP) is 2.51. The van der Waals surface area contributed by atoms with Gasteiger partial charge >= 0.3 is 0 Å². The average Bonchev–Trinajstić information content (AvgIpc) is 2.90. The maximum atomic E-state index is 13.4. The molecule has 2 aliphatic rings. The van der Waals surface area contributed by atoms with E-state index < -0.39 is 0 Å². The molecule has 2 heterocycles. The van der Waals surface area contributed by atoms with Crippen LogP contribution in [-0.2, 0) is 16.1 Å². The van der Waals surface area contributed by atoms with Crippen LogP contribution in [0.4, 0.5) is 4.39 Å². The first kappa shape index (κ1) is 19.8. The Balaban J connectivity index is 1.55. The Morgan fingerprint density at radius 2 is 2.00 bits per heavy atom. The number of benzene rings is 1. The number of amides is 2. The summed E-state index contributed by atoms with van der Waals surface area (Å²) < 4.78 is 13.4. The van der Waals surface area contributed by atoms with E-state index in [2.05, 4.69) is 13.8 Å². The van der Waals surface area contributed by atoms with Crippen molar-refractivity contribution in [1.29, 1.82) is 0 Å². The first-order valence-electron chi connectivity index (χ1n) is 9.78. The summed E-state index contributed by atoms with van der Waals surface area (Å²) in [4.78, 5) is 30.8. The number of rotatable bonds is 5. The monoisotopic (exact) mass is 375 g/mol. The van der Waals surface area contributed by atoms with E-state index in [1.165, 1.54) is 12.1 Å². The second kappa shape index (κ2) is 7.97. The minimum Gasteiger partial charge on any atom is -0.342 e. The van der Waals surface area contributed by atoms with Crippen molar-refractivity contribution in [2.24, 2.45) is 5.41 Å². The van der Waals surface area contributed by atoms with Gasteiger partial charge in [-0.15, -0.1) is 0 Å². The highest BCUT2D eigenvalue weighted by Gasteiger charge is 2.45. The molecule has 148 valence electrons. The molecule has 2 saturated heterocycles. The van der Waals surface area contributed by atoms with Gasteiger partial charge in [-0.3, -0.25) is 14.5 Å². The van der Waals surface area contributed by atoms with Crippen LogP contribution in [0.15, 0.2) is 24.3 Å². The van der Waals surface area contributed by atoms with Gasteiger partial charge < -0.3 is 9.80 Å². The van der Waals surface area contributed by atoms with Crippen LogP contribution in [0.3, 0.4) is 0 Å². The summed E-state index contributed by atoms with van der Waals surface area (Å²) in [6, 6.07) is 6.78. The molecular weight excluding hydrogens is 345 g/mol. The fraction of sp³-hybridized carbons (Fsp3) is 0.619. The van der Waals surface area contributed by atoms with Crippen molar-refractivity contribution in [2.75, 3.05) is 33.2 Å². The lowest BCUT2D eigenvalue weighted by molar-refractivity contribution is -0.134. The van der Waals surface area contributed by atoms with Crippen molar-refractivity contribution >= 4 is 11.8 Å². The summed E-state index contributed by atoms with van der Waals surface area (Å²) in [5.41, 5.74) is 0.787. The minimum atomic E-state index is -0.271. The molecule has 2 amide bonds. The summed E-state index contributed by atoms with van der Waals surface area (Å²) >= 11 is 0. The molecule has 1 aromatic carbocycles. The van der Waals surface area contributed by atoms with Crippen molar-refractivity contribution in [3.63, 3.8) is 0 Å². The van der Waals surface area contributed by atoms with Crippen molar-refractivity contribution in [1.82, 2.24) is 14.7 Å². The summed E-state index contributed by atoms with van der Waals surface area (Å²) in [5, 5.41) is 0. The van der Waals surface area contributed by atoms with Gasteiger partial charge in [0.05, 0.1) is 6.54 Å². The quantitative estimate of drug-likeness (QED) is 0.794. The van der Waals surface area contributed by atoms with Gasteiger partial charge in [0, 0.05) is 44.1 Å². The second-order valence-electron chi connectivity index (χ2n) is 8.45. The minimum absolute atomic E-state index is 0.0366. The average molecular weight is 375 g/mol. The van der Waals surface area contributed by atoms with Crippen molar-refractivity contribution in [3.05, 3.63) is 35.6 Å². The van der Waals surface area contributed by atoms with Crippen LogP contribution < -0.4 is 0 Å². The summed E-state index contributed by atoms with van der Waals surface area (Å²) in [5.74, 6) is 0.0348.